The van der Waals surface area contributed by atoms with E-state index in [0.29, 0.717) is 12.3 Å². The molecule has 15 heavy (non-hydrogen) atoms. The summed E-state index contributed by atoms with van der Waals surface area (Å²) in [6.45, 7) is 7.96. The Bertz CT molecular complexity index is 206. The van der Waals surface area contributed by atoms with Gasteiger partial charge >= 0.3 is 5.97 Å². The molecular formula is C12H23NO2. The zero-order valence-corrected chi connectivity index (χ0v) is 9.91. The molecule has 0 saturated carbocycles. The lowest BCUT2D eigenvalue weighted by Crippen LogP contribution is -2.26. The summed E-state index contributed by atoms with van der Waals surface area (Å²) in [5.74, 6) is 0.726. The van der Waals surface area contributed by atoms with Crippen molar-refractivity contribution in [1.82, 2.24) is 4.90 Å². The molecule has 1 aliphatic rings. The van der Waals surface area contributed by atoms with Crippen LogP contribution in [0.2, 0.25) is 0 Å². The number of likely N-dealkylation sites (tertiary alicyclic amines) is 1. The molecule has 1 saturated heterocycles. The number of carboxylic acids is 1. The smallest absolute Gasteiger partial charge is 0.303 e. The first-order valence-electron chi connectivity index (χ1n) is 6.06. The Kier molecular flexibility index (Phi) is 5.09. The second kappa shape index (κ2) is 6.11. The van der Waals surface area contributed by atoms with Crippen molar-refractivity contribution in [1.29, 1.82) is 0 Å². The van der Waals surface area contributed by atoms with E-state index >= 15 is 0 Å². The van der Waals surface area contributed by atoms with Crippen LogP contribution in [0.5, 0.6) is 0 Å². The van der Waals surface area contributed by atoms with Gasteiger partial charge in [-0.15, -0.1) is 0 Å². The third kappa shape index (κ3) is 4.65. The number of carbonyl (C=O) groups is 1. The molecule has 3 nitrogen and oxygen atoms in total. The minimum Gasteiger partial charge on any atom is -0.481 e. The molecule has 2 unspecified atom stereocenters. The molecule has 0 aromatic rings. The molecule has 1 heterocycles. The number of hydrogen-bond acceptors (Lipinski definition) is 2. The number of rotatable bonds is 6. The van der Waals surface area contributed by atoms with E-state index in [9.17, 15) is 4.79 Å². The molecule has 1 aliphatic heterocycles. The predicted molar refractivity (Wildman–Crippen MR) is 60.9 cm³/mol. The highest BCUT2D eigenvalue weighted by atomic mass is 16.4. The molecule has 0 radical (unpaired) electrons. The Labute approximate surface area is 92.5 Å². The lowest BCUT2D eigenvalue weighted by atomic mass is 10.0. The summed E-state index contributed by atoms with van der Waals surface area (Å²) in [7, 11) is 0. The van der Waals surface area contributed by atoms with Crippen molar-refractivity contribution in [2.24, 2.45) is 11.8 Å². The Balaban J connectivity index is 2.17. The van der Waals surface area contributed by atoms with Gasteiger partial charge in [-0.25, -0.2) is 0 Å². The van der Waals surface area contributed by atoms with Crippen LogP contribution < -0.4 is 0 Å². The van der Waals surface area contributed by atoms with Crippen LogP contribution >= 0.6 is 0 Å². The van der Waals surface area contributed by atoms with Crippen molar-refractivity contribution < 1.29 is 9.90 Å². The number of nitrogens with zero attached hydrogens (tertiary/aromatic N) is 1. The fraction of sp³-hybridized carbons (Fsp3) is 0.917. The summed E-state index contributed by atoms with van der Waals surface area (Å²) in [5.41, 5.74) is 0. The van der Waals surface area contributed by atoms with Gasteiger partial charge in [-0.05, 0) is 31.2 Å². The molecular weight excluding hydrogens is 190 g/mol. The van der Waals surface area contributed by atoms with E-state index in [4.69, 9.17) is 5.11 Å². The van der Waals surface area contributed by atoms with Crippen molar-refractivity contribution in [3.63, 3.8) is 0 Å². The zero-order valence-electron chi connectivity index (χ0n) is 9.91. The summed E-state index contributed by atoms with van der Waals surface area (Å²) >= 11 is 0. The maximum Gasteiger partial charge on any atom is 0.303 e. The molecule has 1 fully saturated rings. The molecule has 2 atom stereocenters. The van der Waals surface area contributed by atoms with E-state index in [1.807, 2.05) is 0 Å². The van der Waals surface area contributed by atoms with Gasteiger partial charge in [-0.2, -0.15) is 0 Å². The maximum absolute atomic E-state index is 10.4. The van der Waals surface area contributed by atoms with Crippen molar-refractivity contribution in [3.8, 4) is 0 Å². The van der Waals surface area contributed by atoms with Gasteiger partial charge in [0.15, 0.2) is 0 Å². The molecule has 1 N–H and O–H groups in total. The van der Waals surface area contributed by atoms with Crippen LogP contribution in [-0.2, 0) is 4.79 Å². The zero-order chi connectivity index (χ0) is 11.3. The van der Waals surface area contributed by atoms with Crippen LogP contribution in [0.15, 0.2) is 0 Å². The van der Waals surface area contributed by atoms with Gasteiger partial charge in [-0.3, -0.25) is 4.79 Å². The fourth-order valence-corrected chi connectivity index (χ4v) is 2.21. The van der Waals surface area contributed by atoms with E-state index < -0.39 is 5.97 Å². The highest BCUT2D eigenvalue weighted by Gasteiger charge is 2.23. The van der Waals surface area contributed by atoms with Gasteiger partial charge in [0.1, 0.15) is 0 Å². The lowest BCUT2D eigenvalue weighted by Gasteiger charge is -2.19. The minimum atomic E-state index is -0.657. The first-order valence-corrected chi connectivity index (χ1v) is 6.06. The van der Waals surface area contributed by atoms with Crippen molar-refractivity contribution >= 4 is 5.97 Å². The van der Waals surface area contributed by atoms with Gasteiger partial charge in [0.25, 0.3) is 0 Å². The molecule has 0 bridgehead atoms. The van der Waals surface area contributed by atoms with Crippen molar-refractivity contribution in [3.05, 3.63) is 0 Å². The Hall–Kier alpha value is -0.570. The van der Waals surface area contributed by atoms with Crippen LogP contribution in [0.4, 0.5) is 0 Å². The summed E-state index contributed by atoms with van der Waals surface area (Å²) < 4.78 is 0. The summed E-state index contributed by atoms with van der Waals surface area (Å²) in [4.78, 5) is 12.9. The van der Waals surface area contributed by atoms with Gasteiger partial charge in [0.2, 0.25) is 0 Å². The number of hydrogen-bond donors (Lipinski definition) is 1. The molecule has 0 aromatic heterocycles. The standard InChI is InChI=1S/C12H23NO2/c1-3-10(2)8-13-7-6-11(9-13)4-5-12(14)15/h10-11H,3-9H2,1-2H3,(H,14,15). The van der Waals surface area contributed by atoms with E-state index in [1.165, 1.54) is 19.4 Å². The maximum atomic E-state index is 10.4. The average Bonchev–Trinajstić information content (AvgIpc) is 2.62. The average molecular weight is 213 g/mol. The van der Waals surface area contributed by atoms with Crippen LogP contribution in [0.3, 0.4) is 0 Å². The van der Waals surface area contributed by atoms with E-state index in [-0.39, 0.29) is 0 Å². The predicted octanol–water partition coefficient (Wildman–Crippen LogP) is 2.22. The van der Waals surface area contributed by atoms with E-state index in [2.05, 4.69) is 18.7 Å². The van der Waals surface area contributed by atoms with Gasteiger partial charge in [-0.1, -0.05) is 20.3 Å². The Morgan fingerprint density at radius 3 is 2.93 bits per heavy atom. The quantitative estimate of drug-likeness (QED) is 0.735. The lowest BCUT2D eigenvalue weighted by molar-refractivity contribution is -0.137. The minimum absolute atomic E-state index is 0.335. The molecule has 0 aromatic carbocycles. The van der Waals surface area contributed by atoms with Crippen LogP contribution in [0.1, 0.15) is 39.5 Å². The third-order valence-corrected chi connectivity index (χ3v) is 3.40. The molecule has 0 amide bonds. The highest BCUT2D eigenvalue weighted by molar-refractivity contribution is 5.66. The normalized spacial score (nSPS) is 24.3. The van der Waals surface area contributed by atoms with Gasteiger partial charge < -0.3 is 10.0 Å². The third-order valence-electron chi connectivity index (χ3n) is 3.40. The monoisotopic (exact) mass is 213 g/mol. The van der Waals surface area contributed by atoms with Crippen molar-refractivity contribution in [2.75, 3.05) is 19.6 Å². The van der Waals surface area contributed by atoms with Crippen LogP contribution in [0, 0.1) is 11.8 Å². The molecule has 0 aliphatic carbocycles. The largest absolute Gasteiger partial charge is 0.481 e. The first-order chi connectivity index (χ1) is 7.11. The van der Waals surface area contributed by atoms with Crippen molar-refractivity contribution in [2.45, 2.75) is 39.5 Å². The summed E-state index contributed by atoms with van der Waals surface area (Å²) in [6.07, 6.45) is 3.61. The molecule has 88 valence electrons. The highest BCUT2D eigenvalue weighted by Crippen LogP contribution is 2.22. The number of carboxylic acid groups (broad SMARTS) is 1. The molecule has 3 heteroatoms. The van der Waals surface area contributed by atoms with Gasteiger partial charge in [0, 0.05) is 19.5 Å². The fourth-order valence-electron chi connectivity index (χ4n) is 2.21. The van der Waals surface area contributed by atoms with Crippen LogP contribution in [0.25, 0.3) is 0 Å². The first kappa shape index (κ1) is 12.5. The van der Waals surface area contributed by atoms with E-state index in [0.717, 1.165) is 25.4 Å². The number of aliphatic carboxylic acids is 1. The summed E-state index contributed by atoms with van der Waals surface area (Å²) in [5, 5.41) is 8.61. The second-order valence-electron chi connectivity index (χ2n) is 4.86. The van der Waals surface area contributed by atoms with Crippen LogP contribution in [-0.4, -0.2) is 35.6 Å². The molecule has 1 rings (SSSR count). The summed E-state index contributed by atoms with van der Waals surface area (Å²) in [6, 6.07) is 0. The Morgan fingerprint density at radius 1 is 1.60 bits per heavy atom. The van der Waals surface area contributed by atoms with Gasteiger partial charge in [0.05, 0.1) is 0 Å². The SMILES string of the molecule is CCC(C)CN1CCC(CCC(=O)O)C1. The topological polar surface area (TPSA) is 40.5 Å². The second-order valence-corrected chi connectivity index (χ2v) is 4.86. The molecule has 0 spiro atoms. The van der Waals surface area contributed by atoms with E-state index in [1.54, 1.807) is 0 Å². The Morgan fingerprint density at radius 2 is 2.33 bits per heavy atom.